The molecular weight excluding hydrogens is 236 g/mol. The Hall–Kier alpha value is -2.29. The van der Waals surface area contributed by atoms with Crippen molar-refractivity contribution in [3.05, 3.63) is 60.7 Å². The molecule has 3 heteroatoms. The van der Waals surface area contributed by atoms with Gasteiger partial charge in [0.2, 0.25) is 0 Å². The van der Waals surface area contributed by atoms with Crippen molar-refractivity contribution in [2.75, 3.05) is 18.1 Å². The molecule has 0 aromatic heterocycles. The van der Waals surface area contributed by atoms with Crippen LogP contribution in [0, 0.1) is 0 Å². The highest BCUT2D eigenvalue weighted by atomic mass is 16.5. The van der Waals surface area contributed by atoms with E-state index >= 15 is 0 Å². The Kier molecular flexibility index (Phi) is 3.45. The molecule has 3 nitrogen and oxygen atoms in total. The Morgan fingerprint density at radius 1 is 0.842 bits per heavy atom. The number of aliphatic imine (C=N–C) groups is 1. The van der Waals surface area contributed by atoms with E-state index in [0.29, 0.717) is 6.02 Å². The van der Waals surface area contributed by atoms with Crippen LogP contribution in [0.1, 0.15) is 6.42 Å². The average Bonchev–Trinajstić information content (AvgIpc) is 2.51. The molecule has 1 aliphatic heterocycles. The fourth-order valence-corrected chi connectivity index (χ4v) is 2.11. The van der Waals surface area contributed by atoms with Gasteiger partial charge in [-0.15, -0.1) is 0 Å². The number of hydrogen-bond donors (Lipinski definition) is 0. The topological polar surface area (TPSA) is 24.8 Å². The number of para-hydroxylation sites is 2. The highest BCUT2D eigenvalue weighted by molar-refractivity contribution is 5.99. The van der Waals surface area contributed by atoms with Crippen LogP contribution in [0.5, 0.6) is 0 Å². The van der Waals surface area contributed by atoms with Crippen molar-refractivity contribution in [2.45, 2.75) is 6.42 Å². The zero-order valence-electron chi connectivity index (χ0n) is 10.7. The van der Waals surface area contributed by atoms with Crippen LogP contribution in [-0.4, -0.2) is 19.2 Å². The minimum Gasteiger partial charge on any atom is -0.465 e. The lowest BCUT2D eigenvalue weighted by Crippen LogP contribution is -2.31. The molecule has 0 N–H and O–H groups in total. The third-order valence-corrected chi connectivity index (χ3v) is 3.00. The second-order valence-corrected chi connectivity index (χ2v) is 4.37. The molecule has 1 aliphatic rings. The van der Waals surface area contributed by atoms with E-state index in [1.54, 1.807) is 0 Å². The van der Waals surface area contributed by atoms with E-state index in [-0.39, 0.29) is 0 Å². The van der Waals surface area contributed by atoms with Crippen molar-refractivity contribution in [1.29, 1.82) is 0 Å². The van der Waals surface area contributed by atoms with Crippen molar-refractivity contribution in [1.82, 2.24) is 0 Å². The van der Waals surface area contributed by atoms with Crippen molar-refractivity contribution in [3.8, 4) is 0 Å². The molecule has 2 aromatic rings. The SMILES string of the molecule is c1ccc(N(C2=NCCCO2)c2ccccc2)cc1. The summed E-state index contributed by atoms with van der Waals surface area (Å²) in [5, 5.41) is 0. The van der Waals surface area contributed by atoms with Crippen LogP contribution in [0.25, 0.3) is 0 Å². The summed E-state index contributed by atoms with van der Waals surface area (Å²) in [6, 6.07) is 21.0. The Morgan fingerprint density at radius 2 is 1.42 bits per heavy atom. The van der Waals surface area contributed by atoms with Gasteiger partial charge in [-0.05, 0) is 24.3 Å². The van der Waals surface area contributed by atoms with Gasteiger partial charge in [0.25, 0.3) is 6.02 Å². The third kappa shape index (κ3) is 2.60. The first-order valence-corrected chi connectivity index (χ1v) is 6.52. The Labute approximate surface area is 113 Å². The van der Waals surface area contributed by atoms with Crippen LogP contribution < -0.4 is 4.90 Å². The summed E-state index contributed by atoms with van der Waals surface area (Å²) in [6.45, 7) is 1.56. The molecule has 0 saturated carbocycles. The third-order valence-electron chi connectivity index (χ3n) is 3.00. The molecule has 0 saturated heterocycles. The quantitative estimate of drug-likeness (QED) is 0.815. The fraction of sp³-hybridized carbons (Fsp3) is 0.188. The lowest BCUT2D eigenvalue weighted by molar-refractivity contribution is 0.277. The van der Waals surface area contributed by atoms with E-state index in [9.17, 15) is 0 Å². The van der Waals surface area contributed by atoms with Crippen molar-refractivity contribution in [3.63, 3.8) is 0 Å². The number of rotatable bonds is 2. The standard InChI is InChI=1S/C16H16N2O/c1-3-8-14(9-4-1)18(15-10-5-2-6-11-15)16-17-12-7-13-19-16/h1-6,8-11H,7,12-13H2. The molecule has 0 aliphatic carbocycles. The highest BCUT2D eigenvalue weighted by Crippen LogP contribution is 2.26. The molecule has 0 amide bonds. The van der Waals surface area contributed by atoms with Gasteiger partial charge in [-0.3, -0.25) is 4.90 Å². The van der Waals surface area contributed by atoms with Crippen LogP contribution in [0.4, 0.5) is 11.4 Å². The van der Waals surface area contributed by atoms with E-state index in [0.717, 1.165) is 30.9 Å². The first kappa shape index (κ1) is 11.8. The Bertz CT molecular complexity index is 512. The second-order valence-electron chi connectivity index (χ2n) is 4.37. The average molecular weight is 252 g/mol. The number of nitrogens with zero attached hydrogens (tertiary/aromatic N) is 2. The minimum absolute atomic E-state index is 0.684. The van der Waals surface area contributed by atoms with Crippen LogP contribution in [0.15, 0.2) is 65.7 Å². The summed E-state index contributed by atoms with van der Waals surface area (Å²) in [7, 11) is 0. The van der Waals surface area contributed by atoms with Crippen molar-refractivity contribution in [2.24, 2.45) is 4.99 Å². The summed E-state index contributed by atoms with van der Waals surface area (Å²) >= 11 is 0. The minimum atomic E-state index is 0.684. The van der Waals surface area contributed by atoms with Crippen LogP contribution in [-0.2, 0) is 4.74 Å². The van der Waals surface area contributed by atoms with E-state index in [1.807, 2.05) is 36.4 Å². The Morgan fingerprint density at radius 3 is 1.89 bits per heavy atom. The molecule has 0 atom stereocenters. The highest BCUT2D eigenvalue weighted by Gasteiger charge is 2.19. The van der Waals surface area contributed by atoms with Gasteiger partial charge in [-0.25, -0.2) is 4.99 Å². The predicted molar refractivity (Wildman–Crippen MR) is 77.9 cm³/mol. The van der Waals surface area contributed by atoms with Crippen LogP contribution in [0.2, 0.25) is 0 Å². The number of amidine groups is 1. The molecule has 19 heavy (non-hydrogen) atoms. The summed E-state index contributed by atoms with van der Waals surface area (Å²) < 4.78 is 5.72. The summed E-state index contributed by atoms with van der Waals surface area (Å²) in [4.78, 5) is 6.56. The molecule has 0 unspecified atom stereocenters. The van der Waals surface area contributed by atoms with Gasteiger partial charge in [0.15, 0.2) is 0 Å². The van der Waals surface area contributed by atoms with E-state index in [4.69, 9.17) is 4.74 Å². The van der Waals surface area contributed by atoms with Gasteiger partial charge >= 0.3 is 0 Å². The first-order valence-electron chi connectivity index (χ1n) is 6.52. The number of hydrogen-bond acceptors (Lipinski definition) is 3. The van der Waals surface area contributed by atoms with E-state index in [2.05, 4.69) is 34.2 Å². The molecule has 0 bridgehead atoms. The lowest BCUT2D eigenvalue weighted by Gasteiger charge is -2.27. The van der Waals surface area contributed by atoms with Gasteiger partial charge in [0.1, 0.15) is 0 Å². The molecule has 2 aromatic carbocycles. The smallest absolute Gasteiger partial charge is 0.296 e. The molecule has 1 heterocycles. The van der Waals surface area contributed by atoms with Gasteiger partial charge in [0.05, 0.1) is 18.0 Å². The van der Waals surface area contributed by atoms with Crippen LogP contribution >= 0.6 is 0 Å². The summed E-state index contributed by atoms with van der Waals surface area (Å²) in [5.41, 5.74) is 2.13. The molecule has 0 fully saturated rings. The van der Waals surface area contributed by atoms with E-state index < -0.39 is 0 Å². The monoisotopic (exact) mass is 252 g/mol. The zero-order valence-corrected chi connectivity index (χ0v) is 10.7. The largest absolute Gasteiger partial charge is 0.465 e. The first-order chi connectivity index (χ1) is 9.45. The number of anilines is 2. The van der Waals surface area contributed by atoms with Gasteiger partial charge in [-0.2, -0.15) is 0 Å². The summed E-state index contributed by atoms with van der Waals surface area (Å²) in [5.74, 6) is 0. The van der Waals surface area contributed by atoms with Gasteiger partial charge in [-0.1, -0.05) is 36.4 Å². The lowest BCUT2D eigenvalue weighted by atomic mass is 10.2. The fourth-order valence-electron chi connectivity index (χ4n) is 2.11. The number of ether oxygens (including phenoxy) is 1. The maximum absolute atomic E-state index is 5.72. The maximum atomic E-state index is 5.72. The Balaban J connectivity index is 2.03. The molecule has 3 rings (SSSR count). The summed E-state index contributed by atoms with van der Waals surface area (Å²) in [6.07, 6.45) is 0.987. The van der Waals surface area contributed by atoms with Crippen molar-refractivity contribution >= 4 is 17.4 Å². The second kappa shape index (κ2) is 5.57. The van der Waals surface area contributed by atoms with Crippen LogP contribution in [0.3, 0.4) is 0 Å². The van der Waals surface area contributed by atoms with E-state index in [1.165, 1.54) is 0 Å². The normalized spacial score (nSPS) is 14.4. The predicted octanol–water partition coefficient (Wildman–Crippen LogP) is 3.60. The molecule has 0 radical (unpaired) electrons. The van der Waals surface area contributed by atoms with Gasteiger partial charge in [0, 0.05) is 13.0 Å². The van der Waals surface area contributed by atoms with Gasteiger partial charge < -0.3 is 4.74 Å². The van der Waals surface area contributed by atoms with Crippen molar-refractivity contribution < 1.29 is 4.74 Å². The maximum Gasteiger partial charge on any atom is 0.296 e. The zero-order chi connectivity index (χ0) is 12.9. The number of benzene rings is 2. The molecule has 96 valence electrons. The molecule has 0 spiro atoms. The molecular formula is C16H16N2O.